The number of carbonyl (C=O) groups excluding carboxylic acids is 2. The van der Waals surface area contributed by atoms with Crippen molar-refractivity contribution in [3.63, 3.8) is 0 Å². The van der Waals surface area contributed by atoms with Crippen LogP contribution in [0.25, 0.3) is 0 Å². The van der Waals surface area contributed by atoms with Crippen LogP contribution in [0, 0.1) is 0 Å². The van der Waals surface area contributed by atoms with Gasteiger partial charge in [0, 0.05) is 42.8 Å². The summed E-state index contributed by atoms with van der Waals surface area (Å²) < 4.78 is 9.99. The summed E-state index contributed by atoms with van der Waals surface area (Å²) in [5.41, 5.74) is 1.44. The van der Waals surface area contributed by atoms with Gasteiger partial charge in [-0.05, 0) is 52.7 Å². The average Bonchev–Trinajstić information content (AvgIpc) is 3.53. The van der Waals surface area contributed by atoms with Crippen molar-refractivity contribution in [3.8, 4) is 0 Å². The van der Waals surface area contributed by atoms with Crippen LogP contribution in [0.4, 0.5) is 0 Å². The smallest absolute Gasteiger partial charge is 0.261 e. The summed E-state index contributed by atoms with van der Waals surface area (Å²) in [6.07, 6.45) is 10.8. The van der Waals surface area contributed by atoms with E-state index in [2.05, 4.69) is 42.2 Å². The van der Waals surface area contributed by atoms with Crippen molar-refractivity contribution in [2.75, 3.05) is 13.2 Å². The van der Waals surface area contributed by atoms with E-state index in [0.29, 0.717) is 37.3 Å². The molecule has 0 bridgehead atoms. The molecule has 8 heteroatoms. The van der Waals surface area contributed by atoms with E-state index in [9.17, 15) is 9.59 Å². The summed E-state index contributed by atoms with van der Waals surface area (Å²) in [7, 11) is 0. The number of amides is 2. The number of benzene rings is 1. The van der Waals surface area contributed by atoms with E-state index in [1.807, 2.05) is 23.3 Å². The lowest BCUT2D eigenvalue weighted by atomic mass is 10.00. The molecule has 2 amide bonds. The quantitative estimate of drug-likeness (QED) is 0.347. The van der Waals surface area contributed by atoms with Gasteiger partial charge < -0.3 is 13.9 Å². The molecule has 0 saturated heterocycles. The molecule has 1 aromatic carbocycles. The van der Waals surface area contributed by atoms with Crippen molar-refractivity contribution in [2.45, 2.75) is 58.2 Å². The lowest BCUT2D eigenvalue weighted by Crippen LogP contribution is -2.36. The Labute approximate surface area is 194 Å². The third-order valence-electron chi connectivity index (χ3n) is 6.47. The number of nitrogens with zero attached hydrogens (tertiary/aromatic N) is 5. The molecule has 4 rings (SSSR count). The van der Waals surface area contributed by atoms with Crippen LogP contribution < -0.4 is 0 Å². The monoisotopic (exact) mass is 449 g/mol. The Kier molecular flexibility index (Phi) is 6.21. The summed E-state index contributed by atoms with van der Waals surface area (Å²) in [6, 6.07) is 6.98. The van der Waals surface area contributed by atoms with Gasteiger partial charge in [0.2, 0.25) is 0 Å². The van der Waals surface area contributed by atoms with E-state index in [1.54, 1.807) is 36.8 Å². The fraction of sp³-hybridized carbons (Fsp3) is 0.440. The fourth-order valence-electron chi connectivity index (χ4n) is 3.97. The number of aromatic nitrogens is 4. The van der Waals surface area contributed by atoms with Gasteiger partial charge in [0.1, 0.15) is 0 Å². The molecule has 33 heavy (non-hydrogen) atoms. The first-order valence-electron chi connectivity index (χ1n) is 11.2. The first-order valence-corrected chi connectivity index (χ1v) is 11.2. The van der Waals surface area contributed by atoms with Crippen molar-refractivity contribution >= 4 is 11.8 Å². The van der Waals surface area contributed by atoms with Gasteiger partial charge in [-0.3, -0.25) is 14.5 Å². The number of imide groups is 1. The molecule has 8 nitrogen and oxygen atoms in total. The van der Waals surface area contributed by atoms with Gasteiger partial charge >= 0.3 is 0 Å². The zero-order valence-electron chi connectivity index (χ0n) is 19.7. The minimum atomic E-state index is -0.315. The lowest BCUT2D eigenvalue weighted by Gasteiger charge is -2.28. The number of imidazole rings is 2. The highest BCUT2D eigenvalue weighted by atomic mass is 16.5. The molecule has 0 unspecified atom stereocenters. The van der Waals surface area contributed by atoms with E-state index < -0.39 is 0 Å². The van der Waals surface area contributed by atoms with Crippen molar-refractivity contribution in [3.05, 3.63) is 72.3 Å². The minimum Gasteiger partial charge on any atom is -0.375 e. The molecular formula is C25H31N5O3. The van der Waals surface area contributed by atoms with Crippen LogP contribution in [-0.2, 0) is 22.4 Å². The molecule has 0 spiro atoms. The Morgan fingerprint density at radius 3 is 2.21 bits per heavy atom. The maximum absolute atomic E-state index is 12.6. The second-order valence-electron chi connectivity index (χ2n) is 9.73. The van der Waals surface area contributed by atoms with E-state index in [1.165, 1.54) is 4.90 Å². The summed E-state index contributed by atoms with van der Waals surface area (Å²) in [6.45, 7) is 9.86. The topological polar surface area (TPSA) is 82.3 Å². The van der Waals surface area contributed by atoms with Gasteiger partial charge in [-0.25, -0.2) is 9.97 Å². The second-order valence-corrected chi connectivity index (χ2v) is 9.73. The highest BCUT2D eigenvalue weighted by Gasteiger charge is 2.36. The largest absolute Gasteiger partial charge is 0.375 e. The molecule has 0 saturated carbocycles. The molecular weight excluding hydrogens is 418 g/mol. The Morgan fingerprint density at radius 1 is 0.909 bits per heavy atom. The molecule has 0 N–H and O–H groups in total. The molecule has 1 aliphatic rings. The van der Waals surface area contributed by atoms with Crippen LogP contribution in [0.5, 0.6) is 0 Å². The SMILES string of the molecule is CC(C)(CCOCc1cn(C(C)(C)CCN2C(=O)c3ccccc3C2=O)cn1)n1ccnc1. The third-order valence-corrected chi connectivity index (χ3v) is 6.47. The zero-order valence-corrected chi connectivity index (χ0v) is 19.7. The van der Waals surface area contributed by atoms with Crippen molar-refractivity contribution in [1.29, 1.82) is 0 Å². The van der Waals surface area contributed by atoms with E-state index in [4.69, 9.17) is 4.74 Å². The normalized spacial score (nSPS) is 14.2. The molecule has 0 atom stereocenters. The molecule has 3 aromatic rings. The Hall–Kier alpha value is -3.26. The maximum atomic E-state index is 12.6. The maximum Gasteiger partial charge on any atom is 0.261 e. The van der Waals surface area contributed by atoms with Crippen LogP contribution in [0.1, 0.15) is 66.9 Å². The van der Waals surface area contributed by atoms with Gasteiger partial charge in [-0.2, -0.15) is 0 Å². The van der Waals surface area contributed by atoms with Crippen molar-refractivity contribution in [1.82, 2.24) is 24.0 Å². The zero-order chi connectivity index (χ0) is 23.6. The highest BCUT2D eigenvalue weighted by Crippen LogP contribution is 2.26. The molecule has 0 fully saturated rings. The second kappa shape index (κ2) is 8.94. The van der Waals surface area contributed by atoms with E-state index >= 15 is 0 Å². The van der Waals surface area contributed by atoms with Gasteiger partial charge in [0.25, 0.3) is 11.8 Å². The summed E-state index contributed by atoms with van der Waals surface area (Å²) in [5, 5.41) is 0. The predicted octanol–water partition coefficient (Wildman–Crippen LogP) is 3.84. The van der Waals surface area contributed by atoms with E-state index in [-0.39, 0.29) is 22.9 Å². The number of hydrogen-bond donors (Lipinski definition) is 0. The first-order chi connectivity index (χ1) is 15.7. The third kappa shape index (κ3) is 4.75. The predicted molar refractivity (Wildman–Crippen MR) is 124 cm³/mol. The van der Waals surface area contributed by atoms with Crippen LogP contribution in [0.2, 0.25) is 0 Å². The Morgan fingerprint density at radius 2 is 1.58 bits per heavy atom. The molecule has 174 valence electrons. The summed E-state index contributed by atoms with van der Waals surface area (Å²) in [5.74, 6) is -0.436. The van der Waals surface area contributed by atoms with Crippen LogP contribution in [-0.4, -0.2) is 49.0 Å². The number of hydrogen-bond acceptors (Lipinski definition) is 5. The molecule has 2 aromatic heterocycles. The minimum absolute atomic E-state index is 0.0675. The molecule has 0 radical (unpaired) electrons. The fourth-order valence-corrected chi connectivity index (χ4v) is 3.97. The van der Waals surface area contributed by atoms with Gasteiger partial charge in [0.05, 0.1) is 36.1 Å². The molecule has 3 heterocycles. The molecule has 1 aliphatic heterocycles. The number of ether oxygens (including phenoxy) is 1. The first kappa shape index (κ1) is 22.9. The number of fused-ring (bicyclic) bond motifs is 1. The Bertz CT molecular complexity index is 1100. The number of carbonyl (C=O) groups is 2. The van der Waals surface area contributed by atoms with Crippen molar-refractivity contribution < 1.29 is 14.3 Å². The number of rotatable bonds is 10. The van der Waals surface area contributed by atoms with Crippen LogP contribution in [0.3, 0.4) is 0 Å². The van der Waals surface area contributed by atoms with Crippen molar-refractivity contribution in [2.24, 2.45) is 0 Å². The van der Waals surface area contributed by atoms with E-state index in [0.717, 1.165) is 12.1 Å². The summed E-state index contributed by atoms with van der Waals surface area (Å²) >= 11 is 0. The lowest BCUT2D eigenvalue weighted by molar-refractivity contribution is 0.0637. The summed E-state index contributed by atoms with van der Waals surface area (Å²) in [4.78, 5) is 35.2. The Balaban J connectivity index is 1.29. The highest BCUT2D eigenvalue weighted by molar-refractivity contribution is 6.21. The molecule has 0 aliphatic carbocycles. The standard InChI is InChI=1S/C25H31N5O3/c1-24(2,9-12-30-22(31)20-7-5-6-8-21(20)23(30)32)29-15-19(27-18-29)16-33-14-10-25(3,4)28-13-11-26-17-28/h5-8,11,13,15,17-18H,9-10,12,14,16H2,1-4H3. The van der Waals surface area contributed by atoms with Crippen LogP contribution in [0.15, 0.2) is 55.5 Å². The van der Waals surface area contributed by atoms with Gasteiger partial charge in [-0.1, -0.05) is 12.1 Å². The van der Waals surface area contributed by atoms with Gasteiger partial charge in [0.15, 0.2) is 0 Å². The van der Waals surface area contributed by atoms with Crippen LogP contribution >= 0.6 is 0 Å². The average molecular weight is 450 g/mol. The van der Waals surface area contributed by atoms with Gasteiger partial charge in [-0.15, -0.1) is 0 Å².